The minimum atomic E-state index is 0.163. The van der Waals surface area contributed by atoms with E-state index in [9.17, 15) is 4.79 Å². The van der Waals surface area contributed by atoms with Crippen LogP contribution in [0.2, 0.25) is 0 Å². The second-order valence-corrected chi connectivity index (χ2v) is 4.48. The molecule has 0 radical (unpaired) electrons. The zero-order valence-corrected chi connectivity index (χ0v) is 9.86. The molecule has 0 aliphatic heterocycles. The number of aryl methyl sites for hydroxylation is 1. The fraction of sp³-hybridized carbons (Fsp3) is 0.500. The van der Waals surface area contributed by atoms with Crippen molar-refractivity contribution in [3.63, 3.8) is 0 Å². The normalized spacial score (nSPS) is 12.8. The molecule has 0 saturated heterocycles. The van der Waals surface area contributed by atoms with Gasteiger partial charge in [0.2, 0.25) is 0 Å². The van der Waals surface area contributed by atoms with Crippen LogP contribution in [0, 0.1) is 11.8 Å². The predicted octanol–water partition coefficient (Wildman–Crippen LogP) is 3.48. The highest BCUT2D eigenvalue weighted by Gasteiger charge is 2.15. The fourth-order valence-electron chi connectivity index (χ4n) is 1.74. The van der Waals surface area contributed by atoms with Crippen LogP contribution in [-0.4, -0.2) is 5.78 Å². The SMILES string of the molecule is CC(C)C(=O)C(C)CCc1ccccc1. The van der Waals surface area contributed by atoms with Gasteiger partial charge in [-0.1, -0.05) is 51.1 Å². The molecule has 0 bridgehead atoms. The Morgan fingerprint density at radius 3 is 2.27 bits per heavy atom. The van der Waals surface area contributed by atoms with Gasteiger partial charge in [0.1, 0.15) is 5.78 Å². The van der Waals surface area contributed by atoms with E-state index in [2.05, 4.69) is 12.1 Å². The van der Waals surface area contributed by atoms with E-state index in [1.807, 2.05) is 39.0 Å². The van der Waals surface area contributed by atoms with Gasteiger partial charge < -0.3 is 0 Å². The molecule has 0 heterocycles. The molecular formula is C14H20O. The topological polar surface area (TPSA) is 17.1 Å². The Morgan fingerprint density at radius 1 is 1.13 bits per heavy atom. The van der Waals surface area contributed by atoms with E-state index in [-0.39, 0.29) is 11.8 Å². The third kappa shape index (κ3) is 3.86. The number of Topliss-reactive ketones (excluding diaryl/α,β-unsaturated/α-hetero) is 1. The number of hydrogen-bond donors (Lipinski definition) is 0. The summed E-state index contributed by atoms with van der Waals surface area (Å²) in [6.07, 6.45) is 1.96. The molecule has 1 atom stereocenters. The average Bonchev–Trinajstić information content (AvgIpc) is 2.26. The third-order valence-electron chi connectivity index (χ3n) is 2.76. The Bertz CT molecular complexity index is 300. The summed E-state index contributed by atoms with van der Waals surface area (Å²) in [5.74, 6) is 0.729. The molecule has 1 aromatic rings. The Hall–Kier alpha value is -1.11. The zero-order valence-electron chi connectivity index (χ0n) is 9.86. The average molecular weight is 204 g/mol. The molecule has 1 nitrogen and oxygen atoms in total. The number of benzene rings is 1. The standard InChI is InChI=1S/C14H20O/c1-11(2)14(15)12(3)9-10-13-7-5-4-6-8-13/h4-8,11-12H,9-10H2,1-3H3. The Labute approximate surface area is 92.5 Å². The maximum Gasteiger partial charge on any atom is 0.138 e. The van der Waals surface area contributed by atoms with Crippen molar-refractivity contribution in [1.82, 2.24) is 0 Å². The Balaban J connectivity index is 2.41. The lowest BCUT2D eigenvalue weighted by molar-refractivity contribution is -0.125. The van der Waals surface area contributed by atoms with Gasteiger partial charge in [0.15, 0.2) is 0 Å². The van der Waals surface area contributed by atoms with E-state index in [0.717, 1.165) is 12.8 Å². The van der Waals surface area contributed by atoms with Crippen LogP contribution in [0.4, 0.5) is 0 Å². The maximum absolute atomic E-state index is 11.7. The van der Waals surface area contributed by atoms with Crippen LogP contribution in [0.3, 0.4) is 0 Å². The summed E-state index contributed by atoms with van der Waals surface area (Å²) in [6.45, 7) is 5.98. The lowest BCUT2D eigenvalue weighted by Gasteiger charge is -2.12. The highest BCUT2D eigenvalue weighted by Crippen LogP contribution is 2.14. The second kappa shape index (κ2) is 5.69. The number of ketones is 1. The van der Waals surface area contributed by atoms with Crippen LogP contribution in [0.25, 0.3) is 0 Å². The van der Waals surface area contributed by atoms with Gasteiger partial charge in [-0.2, -0.15) is 0 Å². The van der Waals surface area contributed by atoms with Gasteiger partial charge in [-0.15, -0.1) is 0 Å². The van der Waals surface area contributed by atoms with Crippen molar-refractivity contribution >= 4 is 5.78 Å². The van der Waals surface area contributed by atoms with Crippen molar-refractivity contribution in [1.29, 1.82) is 0 Å². The van der Waals surface area contributed by atoms with E-state index in [0.29, 0.717) is 5.78 Å². The molecule has 1 rings (SSSR count). The first kappa shape index (κ1) is 12.0. The van der Waals surface area contributed by atoms with Crippen LogP contribution < -0.4 is 0 Å². The summed E-state index contributed by atoms with van der Waals surface area (Å²) in [6, 6.07) is 10.3. The van der Waals surface area contributed by atoms with Gasteiger partial charge in [-0.25, -0.2) is 0 Å². The first-order chi connectivity index (χ1) is 7.11. The highest BCUT2D eigenvalue weighted by atomic mass is 16.1. The van der Waals surface area contributed by atoms with Gasteiger partial charge >= 0.3 is 0 Å². The molecule has 0 saturated carbocycles. The van der Waals surface area contributed by atoms with E-state index >= 15 is 0 Å². The highest BCUT2D eigenvalue weighted by molar-refractivity contribution is 5.82. The van der Waals surface area contributed by atoms with Crippen molar-refractivity contribution in [2.45, 2.75) is 33.6 Å². The van der Waals surface area contributed by atoms with Crippen LogP contribution in [-0.2, 0) is 11.2 Å². The molecule has 0 fully saturated rings. The number of carbonyl (C=O) groups excluding carboxylic acids is 1. The molecule has 0 N–H and O–H groups in total. The van der Waals surface area contributed by atoms with E-state index in [1.54, 1.807) is 0 Å². The summed E-state index contributed by atoms with van der Waals surface area (Å²) < 4.78 is 0. The number of hydrogen-bond acceptors (Lipinski definition) is 1. The lowest BCUT2D eigenvalue weighted by atomic mass is 9.91. The number of rotatable bonds is 5. The Kier molecular flexibility index (Phi) is 4.54. The quantitative estimate of drug-likeness (QED) is 0.717. The minimum Gasteiger partial charge on any atom is -0.299 e. The van der Waals surface area contributed by atoms with Crippen molar-refractivity contribution in [2.75, 3.05) is 0 Å². The van der Waals surface area contributed by atoms with Gasteiger partial charge in [0, 0.05) is 11.8 Å². The van der Waals surface area contributed by atoms with Crippen molar-refractivity contribution < 1.29 is 4.79 Å². The van der Waals surface area contributed by atoms with Gasteiger partial charge in [-0.05, 0) is 18.4 Å². The summed E-state index contributed by atoms with van der Waals surface area (Å²) in [5, 5.41) is 0. The van der Waals surface area contributed by atoms with E-state index in [1.165, 1.54) is 5.56 Å². The van der Waals surface area contributed by atoms with Crippen LogP contribution >= 0.6 is 0 Å². The first-order valence-corrected chi connectivity index (χ1v) is 5.69. The molecule has 0 aliphatic carbocycles. The first-order valence-electron chi connectivity index (χ1n) is 5.69. The molecule has 82 valence electrons. The fourth-order valence-corrected chi connectivity index (χ4v) is 1.74. The van der Waals surface area contributed by atoms with Crippen molar-refractivity contribution in [2.24, 2.45) is 11.8 Å². The summed E-state index contributed by atoms with van der Waals surface area (Å²) in [4.78, 5) is 11.7. The van der Waals surface area contributed by atoms with Crippen molar-refractivity contribution in [3.05, 3.63) is 35.9 Å². The van der Waals surface area contributed by atoms with E-state index in [4.69, 9.17) is 0 Å². The zero-order chi connectivity index (χ0) is 11.3. The summed E-state index contributed by atoms with van der Waals surface area (Å²) >= 11 is 0. The largest absolute Gasteiger partial charge is 0.299 e. The van der Waals surface area contributed by atoms with Gasteiger partial charge in [-0.3, -0.25) is 4.79 Å². The molecule has 0 aromatic heterocycles. The molecule has 0 spiro atoms. The predicted molar refractivity (Wildman–Crippen MR) is 63.8 cm³/mol. The summed E-state index contributed by atoms with van der Waals surface area (Å²) in [7, 11) is 0. The summed E-state index contributed by atoms with van der Waals surface area (Å²) in [5.41, 5.74) is 1.32. The molecule has 1 aromatic carbocycles. The van der Waals surface area contributed by atoms with Crippen LogP contribution in [0.15, 0.2) is 30.3 Å². The smallest absolute Gasteiger partial charge is 0.138 e. The second-order valence-electron chi connectivity index (χ2n) is 4.48. The van der Waals surface area contributed by atoms with Crippen molar-refractivity contribution in [3.8, 4) is 0 Å². The van der Waals surface area contributed by atoms with Gasteiger partial charge in [0.25, 0.3) is 0 Å². The monoisotopic (exact) mass is 204 g/mol. The van der Waals surface area contributed by atoms with E-state index < -0.39 is 0 Å². The van der Waals surface area contributed by atoms with Crippen LogP contribution in [0.5, 0.6) is 0 Å². The number of carbonyl (C=O) groups is 1. The molecular weight excluding hydrogens is 184 g/mol. The molecule has 0 amide bonds. The Morgan fingerprint density at radius 2 is 1.73 bits per heavy atom. The molecule has 15 heavy (non-hydrogen) atoms. The molecule has 1 unspecified atom stereocenters. The minimum absolute atomic E-state index is 0.163. The maximum atomic E-state index is 11.7. The van der Waals surface area contributed by atoms with Gasteiger partial charge in [0.05, 0.1) is 0 Å². The molecule has 0 aliphatic rings. The van der Waals surface area contributed by atoms with Crippen LogP contribution in [0.1, 0.15) is 32.8 Å². The third-order valence-corrected chi connectivity index (χ3v) is 2.76. The molecule has 1 heteroatoms. The lowest BCUT2D eigenvalue weighted by Crippen LogP contribution is -2.17.